The first-order valence-corrected chi connectivity index (χ1v) is 6.80. The van der Waals surface area contributed by atoms with Crippen LogP contribution in [0.1, 0.15) is 6.42 Å². The number of rotatable bonds is 5. The first-order chi connectivity index (χ1) is 9.61. The number of thioether (sulfide) groups is 1. The van der Waals surface area contributed by atoms with E-state index in [1.165, 1.54) is 4.90 Å². The molecule has 0 radical (unpaired) electrons. The lowest BCUT2D eigenvalue weighted by molar-refractivity contribution is -0.139. The first-order valence-electron chi connectivity index (χ1n) is 5.92. The SMILES string of the molecule is C=CCN1C(=O)C(CC(=O)O)S/C1=N/c1ccccn1. The monoisotopic (exact) mass is 291 g/mol. The van der Waals surface area contributed by atoms with Gasteiger partial charge in [0.15, 0.2) is 11.0 Å². The third kappa shape index (κ3) is 3.24. The number of carbonyl (C=O) groups is 2. The van der Waals surface area contributed by atoms with Gasteiger partial charge in [-0.2, -0.15) is 0 Å². The molecule has 7 heteroatoms. The highest BCUT2D eigenvalue weighted by atomic mass is 32.2. The molecule has 1 N–H and O–H groups in total. The molecule has 1 aliphatic heterocycles. The summed E-state index contributed by atoms with van der Waals surface area (Å²) in [4.78, 5) is 32.7. The van der Waals surface area contributed by atoms with E-state index in [2.05, 4.69) is 16.6 Å². The molecule has 6 nitrogen and oxygen atoms in total. The minimum absolute atomic E-state index is 0.224. The van der Waals surface area contributed by atoms with Crippen LogP contribution in [0.2, 0.25) is 0 Å². The van der Waals surface area contributed by atoms with E-state index in [0.29, 0.717) is 17.5 Å². The largest absolute Gasteiger partial charge is 0.481 e. The van der Waals surface area contributed by atoms with Gasteiger partial charge >= 0.3 is 5.97 Å². The van der Waals surface area contributed by atoms with E-state index >= 15 is 0 Å². The van der Waals surface area contributed by atoms with Crippen molar-refractivity contribution in [2.75, 3.05) is 6.54 Å². The third-order valence-electron chi connectivity index (χ3n) is 2.55. The van der Waals surface area contributed by atoms with Crippen molar-refractivity contribution < 1.29 is 14.7 Å². The lowest BCUT2D eigenvalue weighted by Crippen LogP contribution is -2.32. The van der Waals surface area contributed by atoms with Gasteiger partial charge in [0.1, 0.15) is 5.25 Å². The Bertz CT molecular complexity index is 559. The predicted molar refractivity (Wildman–Crippen MR) is 76.9 cm³/mol. The number of nitrogens with zero attached hydrogens (tertiary/aromatic N) is 3. The number of aliphatic carboxylic acids is 1. The second-order valence-corrected chi connectivity index (χ2v) is 5.19. The van der Waals surface area contributed by atoms with Gasteiger partial charge in [0.25, 0.3) is 0 Å². The van der Waals surface area contributed by atoms with E-state index < -0.39 is 11.2 Å². The van der Waals surface area contributed by atoms with Crippen molar-refractivity contribution in [2.24, 2.45) is 4.99 Å². The lowest BCUT2D eigenvalue weighted by Gasteiger charge is -2.13. The number of amides is 1. The van der Waals surface area contributed by atoms with Gasteiger partial charge in [-0.1, -0.05) is 23.9 Å². The quantitative estimate of drug-likeness (QED) is 0.834. The zero-order valence-electron chi connectivity index (χ0n) is 10.6. The van der Waals surface area contributed by atoms with Gasteiger partial charge in [0.05, 0.1) is 6.42 Å². The van der Waals surface area contributed by atoms with Crippen LogP contribution in [0.25, 0.3) is 0 Å². The summed E-state index contributed by atoms with van der Waals surface area (Å²) in [6.45, 7) is 3.90. The Morgan fingerprint density at radius 1 is 1.60 bits per heavy atom. The summed E-state index contributed by atoms with van der Waals surface area (Å²) >= 11 is 1.15. The number of pyridine rings is 1. The molecule has 1 fully saturated rings. The molecule has 1 unspecified atom stereocenters. The van der Waals surface area contributed by atoms with Crippen LogP contribution in [0.5, 0.6) is 0 Å². The second-order valence-electron chi connectivity index (χ2n) is 4.02. The highest BCUT2D eigenvalue weighted by Gasteiger charge is 2.38. The maximum absolute atomic E-state index is 12.1. The van der Waals surface area contributed by atoms with Crippen LogP contribution < -0.4 is 0 Å². The van der Waals surface area contributed by atoms with Crippen molar-refractivity contribution in [2.45, 2.75) is 11.7 Å². The van der Waals surface area contributed by atoms with Gasteiger partial charge in [-0.05, 0) is 12.1 Å². The molecule has 104 valence electrons. The van der Waals surface area contributed by atoms with Gasteiger partial charge in [-0.3, -0.25) is 14.5 Å². The molecule has 0 bridgehead atoms. The van der Waals surface area contributed by atoms with Crippen LogP contribution in [0, 0.1) is 0 Å². The number of amidine groups is 1. The van der Waals surface area contributed by atoms with Crippen LogP contribution >= 0.6 is 11.8 Å². The number of hydrogen-bond donors (Lipinski definition) is 1. The number of carboxylic acid groups (broad SMARTS) is 1. The van der Waals surface area contributed by atoms with E-state index in [0.717, 1.165) is 11.8 Å². The van der Waals surface area contributed by atoms with Crippen molar-refractivity contribution >= 4 is 34.6 Å². The maximum Gasteiger partial charge on any atom is 0.305 e. The molecular weight excluding hydrogens is 278 g/mol. The summed E-state index contributed by atoms with van der Waals surface area (Å²) < 4.78 is 0. The van der Waals surface area contributed by atoms with Gasteiger partial charge in [-0.15, -0.1) is 6.58 Å². The molecule has 0 spiro atoms. The summed E-state index contributed by atoms with van der Waals surface area (Å²) in [5.74, 6) is -0.784. The first kappa shape index (κ1) is 14.3. The molecule has 1 aromatic heterocycles. The van der Waals surface area contributed by atoms with Crippen molar-refractivity contribution in [1.82, 2.24) is 9.88 Å². The van der Waals surface area contributed by atoms with Gasteiger partial charge < -0.3 is 5.11 Å². The lowest BCUT2D eigenvalue weighted by atomic mass is 10.3. The summed E-state index contributed by atoms with van der Waals surface area (Å²) in [5, 5.41) is 8.64. The van der Waals surface area contributed by atoms with Crippen molar-refractivity contribution in [3.8, 4) is 0 Å². The Kier molecular flexibility index (Phi) is 4.52. The van der Waals surface area contributed by atoms with E-state index in [9.17, 15) is 9.59 Å². The predicted octanol–water partition coefficient (Wildman–Crippen LogP) is 1.67. The summed E-state index contributed by atoms with van der Waals surface area (Å²) in [6.07, 6.45) is 2.96. The minimum atomic E-state index is -1.01. The molecule has 2 heterocycles. The second kappa shape index (κ2) is 6.33. The van der Waals surface area contributed by atoms with Crippen LogP contribution in [0.4, 0.5) is 5.82 Å². The number of carboxylic acids is 1. The molecule has 1 saturated heterocycles. The average molecular weight is 291 g/mol. The fraction of sp³-hybridized carbons (Fsp3) is 0.231. The number of carbonyl (C=O) groups excluding carboxylic acids is 1. The van der Waals surface area contributed by atoms with Gasteiger partial charge in [-0.25, -0.2) is 9.98 Å². The van der Waals surface area contributed by atoms with Crippen LogP contribution in [-0.4, -0.2) is 43.8 Å². The topological polar surface area (TPSA) is 82.9 Å². The molecule has 0 aliphatic carbocycles. The number of hydrogen-bond acceptors (Lipinski definition) is 5. The summed E-state index contributed by atoms with van der Waals surface area (Å²) in [6, 6.07) is 5.28. The summed E-state index contributed by atoms with van der Waals surface area (Å²) in [7, 11) is 0. The molecule has 20 heavy (non-hydrogen) atoms. The normalized spacial score (nSPS) is 20.4. The smallest absolute Gasteiger partial charge is 0.305 e. The fourth-order valence-corrected chi connectivity index (χ4v) is 2.85. The van der Waals surface area contributed by atoms with Gasteiger partial charge in [0.2, 0.25) is 5.91 Å². The van der Waals surface area contributed by atoms with Crippen molar-refractivity contribution in [1.29, 1.82) is 0 Å². The standard InChI is InChI=1S/C13H13N3O3S/c1-2-7-16-12(19)9(8-11(17)18)20-13(16)15-10-5-3-4-6-14-10/h2-6,9H,1,7-8H2,(H,17,18)/b15-13+. The average Bonchev–Trinajstić information content (AvgIpc) is 2.68. The molecule has 1 atom stereocenters. The minimum Gasteiger partial charge on any atom is -0.481 e. The van der Waals surface area contributed by atoms with E-state index in [-0.39, 0.29) is 12.3 Å². The Morgan fingerprint density at radius 3 is 3.00 bits per heavy atom. The van der Waals surface area contributed by atoms with E-state index in [4.69, 9.17) is 5.11 Å². The van der Waals surface area contributed by atoms with Crippen molar-refractivity contribution in [3.63, 3.8) is 0 Å². The zero-order valence-corrected chi connectivity index (χ0v) is 11.4. The Hall–Kier alpha value is -2.15. The molecule has 1 amide bonds. The zero-order chi connectivity index (χ0) is 14.5. The molecule has 0 aromatic carbocycles. The molecule has 0 saturated carbocycles. The van der Waals surface area contributed by atoms with E-state index in [1.54, 1.807) is 30.5 Å². The Balaban J connectivity index is 2.26. The molecule has 1 aromatic rings. The Labute approximate surface area is 120 Å². The fourth-order valence-electron chi connectivity index (χ4n) is 1.70. The number of aliphatic imine (C=N–C) groups is 1. The third-order valence-corrected chi connectivity index (χ3v) is 3.73. The molecular formula is C13H13N3O3S. The van der Waals surface area contributed by atoms with Crippen LogP contribution in [0.3, 0.4) is 0 Å². The highest BCUT2D eigenvalue weighted by Crippen LogP contribution is 2.30. The highest BCUT2D eigenvalue weighted by molar-refractivity contribution is 8.15. The maximum atomic E-state index is 12.1. The molecule has 2 rings (SSSR count). The van der Waals surface area contributed by atoms with Gasteiger partial charge in [0, 0.05) is 12.7 Å². The van der Waals surface area contributed by atoms with E-state index in [1.807, 2.05) is 0 Å². The molecule has 1 aliphatic rings. The Morgan fingerprint density at radius 2 is 2.40 bits per heavy atom. The number of aromatic nitrogens is 1. The van der Waals surface area contributed by atoms with Crippen molar-refractivity contribution in [3.05, 3.63) is 37.1 Å². The van der Waals surface area contributed by atoms with Crippen LogP contribution in [0.15, 0.2) is 42.0 Å². The summed E-state index contributed by atoms with van der Waals surface area (Å²) in [5.41, 5.74) is 0. The van der Waals surface area contributed by atoms with Crippen LogP contribution in [-0.2, 0) is 9.59 Å².